The van der Waals surface area contributed by atoms with Gasteiger partial charge < -0.3 is 10.6 Å². The fourth-order valence-corrected chi connectivity index (χ4v) is 2.62. The van der Waals surface area contributed by atoms with E-state index in [-0.39, 0.29) is 17.7 Å². The predicted octanol–water partition coefficient (Wildman–Crippen LogP) is 4.54. The quantitative estimate of drug-likeness (QED) is 0.805. The normalized spacial score (nSPS) is 15.1. The number of carbonyl (C=O) groups is 2. The Labute approximate surface area is 154 Å². The molecule has 1 fully saturated rings. The van der Waals surface area contributed by atoms with Crippen LogP contribution < -0.4 is 10.6 Å². The van der Waals surface area contributed by atoms with Crippen molar-refractivity contribution in [2.75, 3.05) is 5.32 Å². The molecule has 0 aliphatic heterocycles. The summed E-state index contributed by atoms with van der Waals surface area (Å²) in [5, 5.41) is 5.54. The average Bonchev–Trinajstić information content (AvgIpc) is 3.47. The molecule has 1 aliphatic rings. The highest BCUT2D eigenvalue weighted by Crippen LogP contribution is 2.31. The van der Waals surface area contributed by atoms with Gasteiger partial charge in [0.15, 0.2) is 0 Å². The van der Waals surface area contributed by atoms with Crippen molar-refractivity contribution in [2.24, 2.45) is 5.92 Å². The summed E-state index contributed by atoms with van der Waals surface area (Å²) in [7, 11) is 0. The first-order chi connectivity index (χ1) is 12.7. The summed E-state index contributed by atoms with van der Waals surface area (Å²) in [5.41, 5.74) is 0.871. The molecule has 0 bridgehead atoms. The van der Waals surface area contributed by atoms with Crippen LogP contribution in [0.2, 0.25) is 0 Å². The number of hydrogen-bond donors (Lipinski definition) is 2. The van der Waals surface area contributed by atoms with E-state index in [2.05, 4.69) is 10.6 Å². The van der Waals surface area contributed by atoms with Gasteiger partial charge in [-0.3, -0.25) is 9.59 Å². The van der Waals surface area contributed by atoms with Crippen LogP contribution in [0, 0.1) is 5.92 Å². The van der Waals surface area contributed by atoms with Gasteiger partial charge in [0.05, 0.1) is 11.6 Å². The summed E-state index contributed by atoms with van der Waals surface area (Å²) in [6, 6.07) is 10.7. The van der Waals surface area contributed by atoms with Crippen molar-refractivity contribution in [2.45, 2.75) is 32.0 Å². The van der Waals surface area contributed by atoms with Crippen molar-refractivity contribution in [1.82, 2.24) is 5.32 Å². The Morgan fingerprint density at radius 2 is 1.59 bits per heavy atom. The van der Waals surface area contributed by atoms with E-state index < -0.39 is 17.8 Å². The molecule has 2 aromatic carbocycles. The summed E-state index contributed by atoms with van der Waals surface area (Å²) in [5.74, 6) is -0.261. The highest BCUT2D eigenvalue weighted by Gasteiger charge is 2.30. The molecule has 142 valence electrons. The molecule has 1 aliphatic carbocycles. The molecular weight excluding hydrogens is 357 g/mol. The van der Waals surface area contributed by atoms with E-state index in [1.165, 1.54) is 12.1 Å². The van der Waals surface area contributed by atoms with Gasteiger partial charge in [0.25, 0.3) is 5.91 Å². The van der Waals surface area contributed by atoms with E-state index in [1.807, 2.05) is 0 Å². The second-order valence-corrected chi connectivity index (χ2v) is 6.66. The molecule has 0 heterocycles. The van der Waals surface area contributed by atoms with E-state index >= 15 is 0 Å². The molecule has 2 aromatic rings. The van der Waals surface area contributed by atoms with Gasteiger partial charge in [0.2, 0.25) is 5.91 Å². The second kappa shape index (κ2) is 7.42. The van der Waals surface area contributed by atoms with Crippen LogP contribution in [0.15, 0.2) is 48.5 Å². The van der Waals surface area contributed by atoms with Gasteiger partial charge in [0.1, 0.15) is 0 Å². The minimum absolute atomic E-state index is 0.0110. The third-order valence-corrected chi connectivity index (χ3v) is 4.45. The van der Waals surface area contributed by atoms with Gasteiger partial charge in [-0.2, -0.15) is 13.2 Å². The van der Waals surface area contributed by atoms with E-state index in [9.17, 15) is 22.8 Å². The molecule has 2 N–H and O–H groups in total. The lowest BCUT2D eigenvalue weighted by Crippen LogP contribution is -2.26. The molecule has 0 radical (unpaired) electrons. The molecular formula is C20H19F3N2O2. The molecule has 7 heteroatoms. The van der Waals surface area contributed by atoms with Gasteiger partial charge in [0, 0.05) is 17.2 Å². The Balaban J connectivity index is 1.59. The van der Waals surface area contributed by atoms with Gasteiger partial charge in [-0.1, -0.05) is 12.1 Å². The molecule has 4 nitrogen and oxygen atoms in total. The SMILES string of the molecule is CC(NC(=O)c1ccc(NC(=O)C2CC2)cc1)c1ccc(C(F)(F)F)cc1. The van der Waals surface area contributed by atoms with E-state index in [0.29, 0.717) is 16.8 Å². The number of alkyl halides is 3. The van der Waals surface area contributed by atoms with Crippen LogP contribution in [-0.2, 0) is 11.0 Å². The molecule has 3 rings (SSSR count). The summed E-state index contributed by atoms with van der Waals surface area (Å²) in [6.45, 7) is 1.70. The summed E-state index contributed by atoms with van der Waals surface area (Å²) < 4.78 is 37.8. The van der Waals surface area contributed by atoms with Gasteiger partial charge in [-0.15, -0.1) is 0 Å². The maximum Gasteiger partial charge on any atom is 0.416 e. The number of hydrogen-bond acceptors (Lipinski definition) is 2. The van der Waals surface area contributed by atoms with Crippen LogP contribution in [0.3, 0.4) is 0 Å². The molecule has 0 spiro atoms. The van der Waals surface area contributed by atoms with Crippen molar-refractivity contribution >= 4 is 17.5 Å². The molecule has 0 aromatic heterocycles. The van der Waals surface area contributed by atoms with Crippen LogP contribution in [0.1, 0.15) is 47.3 Å². The fraction of sp³-hybridized carbons (Fsp3) is 0.300. The Bertz CT molecular complexity index is 826. The van der Waals surface area contributed by atoms with Crippen LogP contribution >= 0.6 is 0 Å². The molecule has 1 atom stereocenters. The first-order valence-corrected chi connectivity index (χ1v) is 8.63. The maximum atomic E-state index is 12.6. The van der Waals surface area contributed by atoms with Gasteiger partial charge in [-0.25, -0.2) is 0 Å². The van der Waals surface area contributed by atoms with Crippen LogP contribution in [0.5, 0.6) is 0 Å². The van der Waals surface area contributed by atoms with Crippen molar-refractivity contribution in [3.05, 3.63) is 65.2 Å². The zero-order valence-electron chi connectivity index (χ0n) is 14.6. The number of amides is 2. The molecule has 1 saturated carbocycles. The number of nitrogens with one attached hydrogen (secondary N) is 2. The van der Waals surface area contributed by atoms with E-state index in [1.54, 1.807) is 31.2 Å². The van der Waals surface area contributed by atoms with Gasteiger partial charge in [-0.05, 0) is 61.7 Å². The van der Waals surface area contributed by atoms with Crippen molar-refractivity contribution in [1.29, 1.82) is 0 Å². The largest absolute Gasteiger partial charge is 0.416 e. The number of halogens is 3. The average molecular weight is 376 g/mol. The number of rotatable bonds is 5. The van der Waals surface area contributed by atoms with Gasteiger partial charge >= 0.3 is 6.18 Å². The van der Waals surface area contributed by atoms with Crippen molar-refractivity contribution < 1.29 is 22.8 Å². The standard InChI is InChI=1S/C20H19F3N2O2/c1-12(13-4-8-16(9-5-13)20(21,22)23)24-18(26)15-6-10-17(11-7-15)25-19(27)14-2-3-14/h4-12,14H,2-3H2,1H3,(H,24,26)(H,25,27). The number of benzene rings is 2. The van der Waals surface area contributed by atoms with E-state index in [0.717, 1.165) is 25.0 Å². The zero-order chi connectivity index (χ0) is 19.6. The van der Waals surface area contributed by atoms with Crippen LogP contribution in [0.25, 0.3) is 0 Å². The maximum absolute atomic E-state index is 12.6. The lowest BCUT2D eigenvalue weighted by Gasteiger charge is -2.16. The van der Waals surface area contributed by atoms with Crippen molar-refractivity contribution in [3.63, 3.8) is 0 Å². The van der Waals surface area contributed by atoms with Crippen LogP contribution in [0.4, 0.5) is 18.9 Å². The predicted molar refractivity (Wildman–Crippen MR) is 95.1 cm³/mol. The monoisotopic (exact) mass is 376 g/mol. The second-order valence-electron chi connectivity index (χ2n) is 6.66. The number of carbonyl (C=O) groups excluding carboxylic acids is 2. The molecule has 2 amide bonds. The topological polar surface area (TPSA) is 58.2 Å². The Morgan fingerprint density at radius 3 is 2.11 bits per heavy atom. The van der Waals surface area contributed by atoms with E-state index in [4.69, 9.17) is 0 Å². The first kappa shape index (κ1) is 18.9. The van der Waals surface area contributed by atoms with Crippen molar-refractivity contribution in [3.8, 4) is 0 Å². The minimum atomic E-state index is -4.39. The smallest absolute Gasteiger partial charge is 0.346 e. The highest BCUT2D eigenvalue weighted by molar-refractivity contribution is 5.96. The third kappa shape index (κ3) is 4.87. The Morgan fingerprint density at radius 1 is 1.00 bits per heavy atom. The van der Waals surface area contributed by atoms with Crippen LogP contribution in [-0.4, -0.2) is 11.8 Å². The Hall–Kier alpha value is -2.83. The number of anilines is 1. The summed E-state index contributed by atoms with van der Waals surface area (Å²) in [4.78, 5) is 24.0. The lowest BCUT2D eigenvalue weighted by molar-refractivity contribution is -0.137. The zero-order valence-corrected chi connectivity index (χ0v) is 14.6. The minimum Gasteiger partial charge on any atom is -0.346 e. The summed E-state index contributed by atoms with van der Waals surface area (Å²) in [6.07, 6.45) is -2.57. The molecule has 0 saturated heterocycles. The summed E-state index contributed by atoms with van der Waals surface area (Å²) >= 11 is 0. The highest BCUT2D eigenvalue weighted by atomic mass is 19.4. The third-order valence-electron chi connectivity index (χ3n) is 4.45. The fourth-order valence-electron chi connectivity index (χ4n) is 2.62. The first-order valence-electron chi connectivity index (χ1n) is 8.63. The Kier molecular flexibility index (Phi) is 5.21. The molecule has 1 unspecified atom stereocenters. The molecule has 27 heavy (non-hydrogen) atoms. The lowest BCUT2D eigenvalue weighted by atomic mass is 10.1.